The van der Waals surface area contributed by atoms with Crippen molar-refractivity contribution in [3.8, 4) is 11.5 Å². The number of carbonyl (C=O) groups is 3. The van der Waals surface area contributed by atoms with Crippen LogP contribution >= 0.6 is 0 Å². The van der Waals surface area contributed by atoms with Gasteiger partial charge in [-0.1, -0.05) is 42.5 Å². The molecule has 1 amide bonds. The number of para-hydroxylation sites is 2. The second-order valence-corrected chi connectivity index (χ2v) is 9.79. The molecule has 7 nitrogen and oxygen atoms in total. The van der Waals surface area contributed by atoms with Crippen molar-refractivity contribution in [2.75, 3.05) is 18.1 Å². The van der Waals surface area contributed by atoms with Gasteiger partial charge in [0.05, 0.1) is 31.2 Å². The molecule has 1 aliphatic carbocycles. The molecule has 3 aromatic carbocycles. The van der Waals surface area contributed by atoms with Crippen LogP contribution < -0.4 is 14.4 Å². The predicted octanol–water partition coefficient (Wildman–Crippen LogP) is 4.31. The number of benzene rings is 3. The number of hydrogen-bond acceptors (Lipinski definition) is 6. The van der Waals surface area contributed by atoms with Crippen molar-refractivity contribution in [2.24, 2.45) is 0 Å². The van der Waals surface area contributed by atoms with Crippen LogP contribution in [0.15, 0.2) is 66.7 Å². The lowest BCUT2D eigenvalue weighted by Gasteiger charge is -2.31. The Labute approximate surface area is 215 Å². The number of hydrogen-bond donors (Lipinski definition) is 0. The second kappa shape index (κ2) is 9.73. The molecule has 0 aromatic heterocycles. The monoisotopic (exact) mass is 496 g/mol. The number of nitrogens with zero attached hydrogens (tertiary/aromatic N) is 2. The highest BCUT2D eigenvalue weighted by Crippen LogP contribution is 2.35. The van der Waals surface area contributed by atoms with Gasteiger partial charge >= 0.3 is 0 Å². The fourth-order valence-corrected chi connectivity index (χ4v) is 5.42. The molecule has 1 atom stereocenters. The first-order valence-corrected chi connectivity index (χ1v) is 12.7. The van der Waals surface area contributed by atoms with Gasteiger partial charge in [0.1, 0.15) is 30.5 Å². The summed E-state index contributed by atoms with van der Waals surface area (Å²) in [5.41, 5.74) is 4.73. The van der Waals surface area contributed by atoms with Gasteiger partial charge in [0.2, 0.25) is 0 Å². The molecule has 0 bridgehead atoms. The fourth-order valence-electron chi connectivity index (χ4n) is 5.42. The molecule has 0 saturated heterocycles. The molecular formula is C30H28N2O5. The molecule has 6 rings (SSSR count). The molecule has 3 aliphatic rings. The first kappa shape index (κ1) is 23.3. The Bertz CT molecular complexity index is 1370. The number of ether oxygens (including phenoxy) is 2. The summed E-state index contributed by atoms with van der Waals surface area (Å²) in [6, 6.07) is 21.4. The molecule has 0 radical (unpaired) electrons. The summed E-state index contributed by atoms with van der Waals surface area (Å²) in [4.78, 5) is 41.0. The zero-order valence-electron chi connectivity index (χ0n) is 20.5. The van der Waals surface area contributed by atoms with Gasteiger partial charge in [0.15, 0.2) is 5.78 Å². The molecule has 3 aromatic rings. The maximum atomic E-state index is 13.0. The van der Waals surface area contributed by atoms with Crippen molar-refractivity contribution < 1.29 is 23.9 Å². The van der Waals surface area contributed by atoms with E-state index < -0.39 is 6.04 Å². The van der Waals surface area contributed by atoms with Crippen molar-refractivity contribution >= 4 is 23.2 Å². The summed E-state index contributed by atoms with van der Waals surface area (Å²) in [6.45, 7) is 3.03. The van der Waals surface area contributed by atoms with Crippen LogP contribution in [0.2, 0.25) is 0 Å². The molecule has 1 saturated carbocycles. The Kier molecular flexibility index (Phi) is 6.12. The van der Waals surface area contributed by atoms with Gasteiger partial charge in [-0.25, -0.2) is 0 Å². The van der Waals surface area contributed by atoms with E-state index >= 15 is 0 Å². The van der Waals surface area contributed by atoms with Crippen molar-refractivity contribution in [1.82, 2.24) is 4.90 Å². The van der Waals surface area contributed by atoms with E-state index in [2.05, 4.69) is 35.2 Å². The number of carbonyl (C=O) groups excluding carboxylic acids is 3. The highest BCUT2D eigenvalue weighted by molar-refractivity contribution is 6.07. The third kappa shape index (κ3) is 4.57. The van der Waals surface area contributed by atoms with Crippen LogP contribution in [-0.2, 0) is 29.3 Å². The Morgan fingerprint density at radius 2 is 1.73 bits per heavy atom. The topological polar surface area (TPSA) is 76.2 Å². The predicted molar refractivity (Wildman–Crippen MR) is 138 cm³/mol. The van der Waals surface area contributed by atoms with Crippen LogP contribution in [0.25, 0.3) is 0 Å². The van der Waals surface area contributed by atoms with Crippen molar-refractivity contribution in [3.63, 3.8) is 0 Å². The minimum atomic E-state index is -0.531. The van der Waals surface area contributed by atoms with Gasteiger partial charge in [-0.2, -0.15) is 0 Å². The third-order valence-electron chi connectivity index (χ3n) is 7.38. The van der Waals surface area contributed by atoms with E-state index in [0.717, 1.165) is 35.7 Å². The molecule has 188 valence electrons. The number of amides is 1. The van der Waals surface area contributed by atoms with E-state index in [1.165, 1.54) is 5.56 Å². The molecule has 7 heteroatoms. The van der Waals surface area contributed by atoms with E-state index in [1.54, 1.807) is 11.0 Å². The summed E-state index contributed by atoms with van der Waals surface area (Å²) in [5.74, 6) is 1.20. The van der Waals surface area contributed by atoms with Gasteiger partial charge in [0.25, 0.3) is 5.91 Å². The summed E-state index contributed by atoms with van der Waals surface area (Å²) in [5, 5.41) is 0. The van der Waals surface area contributed by atoms with Crippen LogP contribution in [0.5, 0.6) is 11.5 Å². The maximum Gasteiger partial charge on any atom is 0.255 e. The molecule has 2 heterocycles. The summed E-state index contributed by atoms with van der Waals surface area (Å²) in [6.07, 6.45) is 0.659. The Morgan fingerprint density at radius 3 is 2.57 bits per heavy atom. The van der Waals surface area contributed by atoms with Gasteiger partial charge in [-0.3, -0.25) is 14.4 Å². The lowest BCUT2D eigenvalue weighted by atomic mass is 9.92. The second-order valence-electron chi connectivity index (χ2n) is 9.79. The SMILES string of the molecule is O=C1CCC(N2Cc3c(OCc4ccc(CN5CCOc6ccccc65)cc4)cccc3C2=O)C(=O)C1. The Balaban J connectivity index is 1.11. The first-order valence-electron chi connectivity index (χ1n) is 12.7. The zero-order valence-corrected chi connectivity index (χ0v) is 20.5. The number of fused-ring (bicyclic) bond motifs is 2. The Morgan fingerprint density at radius 1 is 0.919 bits per heavy atom. The standard InChI is InChI=1S/C30H28N2O5/c33-22-12-13-25(27(34)16-22)32-18-24-23(30(32)35)4-3-7-28(24)37-19-21-10-8-20(9-11-21)17-31-14-15-36-29-6-2-1-5-26(29)31/h1-11,25H,12-19H2. The minimum Gasteiger partial charge on any atom is -0.490 e. The fraction of sp³-hybridized carbons (Fsp3) is 0.300. The lowest BCUT2D eigenvalue weighted by Crippen LogP contribution is -2.44. The molecule has 0 N–H and O–H groups in total. The third-order valence-corrected chi connectivity index (χ3v) is 7.38. The van der Waals surface area contributed by atoms with Gasteiger partial charge < -0.3 is 19.3 Å². The number of rotatable bonds is 6. The van der Waals surface area contributed by atoms with Crippen LogP contribution in [0.4, 0.5) is 5.69 Å². The largest absolute Gasteiger partial charge is 0.490 e. The average molecular weight is 497 g/mol. The molecule has 0 spiro atoms. The molecule has 2 aliphatic heterocycles. The smallest absolute Gasteiger partial charge is 0.255 e. The summed E-state index contributed by atoms with van der Waals surface area (Å²) >= 11 is 0. The molecule has 1 fully saturated rings. The first-order chi connectivity index (χ1) is 18.1. The normalized spacial score (nSPS) is 18.9. The van der Waals surface area contributed by atoms with Gasteiger partial charge in [0, 0.05) is 24.1 Å². The average Bonchev–Trinajstić information content (AvgIpc) is 3.25. The number of Topliss-reactive ketones (excluding diaryl/α,β-unsaturated/α-hetero) is 2. The van der Waals surface area contributed by atoms with Crippen LogP contribution in [-0.4, -0.2) is 41.6 Å². The maximum absolute atomic E-state index is 13.0. The van der Waals surface area contributed by atoms with E-state index in [-0.39, 0.29) is 23.9 Å². The van der Waals surface area contributed by atoms with Gasteiger partial charge in [-0.15, -0.1) is 0 Å². The van der Waals surface area contributed by atoms with Crippen LogP contribution in [0.1, 0.15) is 46.3 Å². The molecular weight excluding hydrogens is 468 g/mol. The van der Waals surface area contributed by atoms with E-state index in [4.69, 9.17) is 9.47 Å². The summed E-state index contributed by atoms with van der Waals surface area (Å²) in [7, 11) is 0. The van der Waals surface area contributed by atoms with Crippen molar-refractivity contribution in [1.29, 1.82) is 0 Å². The molecule has 1 unspecified atom stereocenters. The van der Waals surface area contributed by atoms with E-state index in [1.807, 2.05) is 30.3 Å². The highest BCUT2D eigenvalue weighted by Gasteiger charge is 2.40. The highest BCUT2D eigenvalue weighted by atomic mass is 16.5. The zero-order chi connectivity index (χ0) is 25.4. The Hall–Kier alpha value is -4.13. The van der Waals surface area contributed by atoms with E-state index in [9.17, 15) is 14.4 Å². The van der Waals surface area contributed by atoms with Crippen molar-refractivity contribution in [2.45, 2.75) is 45.0 Å². The van der Waals surface area contributed by atoms with Gasteiger partial charge in [-0.05, 0) is 41.8 Å². The number of ketones is 2. The minimum absolute atomic E-state index is 0.0461. The van der Waals surface area contributed by atoms with E-state index in [0.29, 0.717) is 43.9 Å². The van der Waals surface area contributed by atoms with Crippen LogP contribution in [0, 0.1) is 0 Å². The quantitative estimate of drug-likeness (QED) is 0.474. The molecule has 37 heavy (non-hydrogen) atoms. The summed E-state index contributed by atoms with van der Waals surface area (Å²) < 4.78 is 11.9. The lowest BCUT2D eigenvalue weighted by molar-refractivity contribution is -0.133. The number of anilines is 1. The van der Waals surface area contributed by atoms with Crippen molar-refractivity contribution in [3.05, 3.63) is 89.0 Å². The van der Waals surface area contributed by atoms with Crippen LogP contribution in [0.3, 0.4) is 0 Å².